The number of ether oxygens (including phenoxy) is 2. The van der Waals surface area contributed by atoms with Gasteiger partial charge in [0, 0.05) is 24.2 Å². The van der Waals surface area contributed by atoms with Gasteiger partial charge in [0.2, 0.25) is 0 Å². The number of benzene rings is 1. The topological polar surface area (TPSA) is 105 Å². The normalized spacial score (nSPS) is 18.1. The Balaban J connectivity index is 1.77. The number of amides is 2. The van der Waals surface area contributed by atoms with E-state index in [-0.39, 0.29) is 24.1 Å². The molecule has 1 N–H and O–H groups in total. The van der Waals surface area contributed by atoms with E-state index in [1.807, 2.05) is 33.8 Å². The van der Waals surface area contributed by atoms with Crippen molar-refractivity contribution in [3.63, 3.8) is 0 Å². The van der Waals surface area contributed by atoms with Gasteiger partial charge in [-0.3, -0.25) is 9.78 Å². The molecule has 1 fully saturated rings. The van der Waals surface area contributed by atoms with E-state index < -0.39 is 5.60 Å². The van der Waals surface area contributed by atoms with Gasteiger partial charge in [-0.2, -0.15) is 5.26 Å². The molecule has 0 saturated carbocycles. The third kappa shape index (κ3) is 5.35. The second-order valence-corrected chi connectivity index (χ2v) is 8.85. The molecule has 0 spiro atoms. The van der Waals surface area contributed by atoms with E-state index in [0.717, 1.165) is 5.56 Å². The Labute approximate surface area is 188 Å². The lowest BCUT2D eigenvalue weighted by Gasteiger charge is -2.26. The van der Waals surface area contributed by atoms with Crippen molar-refractivity contribution in [2.45, 2.75) is 51.8 Å². The summed E-state index contributed by atoms with van der Waals surface area (Å²) in [7, 11) is 1.48. The Hall–Kier alpha value is -3.60. The van der Waals surface area contributed by atoms with Crippen LogP contribution in [0.2, 0.25) is 0 Å². The van der Waals surface area contributed by atoms with E-state index in [4.69, 9.17) is 14.7 Å². The number of likely N-dealkylation sites (tertiary alicyclic amines) is 1. The Kier molecular flexibility index (Phi) is 6.68. The maximum atomic E-state index is 13.1. The van der Waals surface area contributed by atoms with Crippen molar-refractivity contribution in [2.75, 3.05) is 13.7 Å². The Bertz CT molecular complexity index is 1050. The number of carbonyl (C=O) groups is 2. The second-order valence-electron chi connectivity index (χ2n) is 8.85. The molecule has 2 heterocycles. The minimum atomic E-state index is -0.582. The summed E-state index contributed by atoms with van der Waals surface area (Å²) in [4.78, 5) is 31.6. The number of carbonyl (C=O) groups excluding carboxylic acids is 2. The van der Waals surface area contributed by atoms with E-state index in [0.29, 0.717) is 35.5 Å². The van der Waals surface area contributed by atoms with Gasteiger partial charge in [-0.05, 0) is 52.3 Å². The minimum absolute atomic E-state index is 0.0567. The van der Waals surface area contributed by atoms with Crippen LogP contribution in [-0.4, -0.2) is 53.2 Å². The van der Waals surface area contributed by atoms with Gasteiger partial charge >= 0.3 is 6.09 Å². The maximum Gasteiger partial charge on any atom is 0.410 e. The first-order valence-corrected chi connectivity index (χ1v) is 10.5. The smallest absolute Gasteiger partial charge is 0.410 e. The largest absolute Gasteiger partial charge is 0.494 e. The molecule has 0 radical (unpaired) electrons. The SMILES string of the molecule is COc1cnc(-c2cccc(C#N)c2)cc1C(=O)N[C@@H]1C[C@@H](C)N(C(=O)OC(C)(C)C)C1. The molecule has 1 aliphatic rings. The van der Waals surface area contributed by atoms with E-state index in [1.54, 1.807) is 29.2 Å². The number of hydrogen-bond donors (Lipinski definition) is 1. The van der Waals surface area contributed by atoms with E-state index in [2.05, 4.69) is 16.4 Å². The number of nitriles is 1. The zero-order valence-electron chi connectivity index (χ0n) is 19.0. The molecule has 3 rings (SSSR count). The van der Waals surface area contributed by atoms with Gasteiger partial charge in [-0.1, -0.05) is 12.1 Å². The van der Waals surface area contributed by atoms with E-state index in [9.17, 15) is 9.59 Å². The van der Waals surface area contributed by atoms with Crippen LogP contribution in [0.25, 0.3) is 11.3 Å². The maximum absolute atomic E-state index is 13.1. The molecule has 8 heteroatoms. The summed E-state index contributed by atoms with van der Waals surface area (Å²) >= 11 is 0. The number of pyridine rings is 1. The van der Waals surface area contributed by atoms with Gasteiger partial charge in [0.05, 0.1) is 36.2 Å². The van der Waals surface area contributed by atoms with Gasteiger partial charge in [-0.25, -0.2) is 4.79 Å². The molecule has 2 atom stereocenters. The average Bonchev–Trinajstić information content (AvgIpc) is 3.12. The van der Waals surface area contributed by atoms with Gasteiger partial charge < -0.3 is 19.7 Å². The van der Waals surface area contributed by atoms with Gasteiger partial charge in [0.1, 0.15) is 11.4 Å². The highest BCUT2D eigenvalue weighted by atomic mass is 16.6. The summed E-state index contributed by atoms with van der Waals surface area (Å²) in [6, 6.07) is 10.5. The third-order valence-electron chi connectivity index (χ3n) is 5.16. The molecular formula is C24H28N4O4. The van der Waals surface area contributed by atoms with E-state index >= 15 is 0 Å². The Morgan fingerprint density at radius 1 is 1.28 bits per heavy atom. The molecule has 2 aromatic rings. The fourth-order valence-corrected chi connectivity index (χ4v) is 3.66. The number of aromatic nitrogens is 1. The monoisotopic (exact) mass is 436 g/mol. The highest BCUT2D eigenvalue weighted by Gasteiger charge is 2.36. The first-order valence-electron chi connectivity index (χ1n) is 10.5. The predicted molar refractivity (Wildman–Crippen MR) is 119 cm³/mol. The van der Waals surface area contributed by atoms with Crippen molar-refractivity contribution in [3.05, 3.63) is 47.7 Å². The molecule has 8 nitrogen and oxygen atoms in total. The zero-order valence-corrected chi connectivity index (χ0v) is 19.0. The molecule has 32 heavy (non-hydrogen) atoms. The summed E-state index contributed by atoms with van der Waals surface area (Å²) in [5.74, 6) is 0.0305. The summed E-state index contributed by atoms with van der Waals surface area (Å²) in [6.45, 7) is 7.77. The fraction of sp³-hybridized carbons (Fsp3) is 0.417. The van der Waals surface area contributed by atoms with Crippen molar-refractivity contribution in [1.82, 2.24) is 15.2 Å². The third-order valence-corrected chi connectivity index (χ3v) is 5.16. The lowest BCUT2D eigenvalue weighted by atomic mass is 10.1. The molecule has 0 aliphatic carbocycles. The number of methoxy groups -OCH3 is 1. The highest BCUT2D eigenvalue weighted by molar-refractivity contribution is 5.98. The first kappa shape index (κ1) is 23.1. The number of nitrogens with one attached hydrogen (secondary N) is 1. The van der Waals surface area contributed by atoms with Crippen LogP contribution >= 0.6 is 0 Å². The van der Waals surface area contributed by atoms with Crippen molar-refractivity contribution < 1.29 is 19.1 Å². The van der Waals surface area contributed by atoms with Crippen molar-refractivity contribution in [2.24, 2.45) is 0 Å². The Morgan fingerprint density at radius 2 is 2.03 bits per heavy atom. The fourth-order valence-electron chi connectivity index (χ4n) is 3.66. The van der Waals surface area contributed by atoms with Gasteiger partial charge in [-0.15, -0.1) is 0 Å². The average molecular weight is 437 g/mol. The van der Waals surface area contributed by atoms with Gasteiger partial charge in [0.25, 0.3) is 5.91 Å². The second kappa shape index (κ2) is 9.27. The summed E-state index contributed by atoms with van der Waals surface area (Å²) < 4.78 is 10.8. The molecule has 0 bridgehead atoms. The quantitative estimate of drug-likeness (QED) is 0.783. The molecule has 1 aromatic heterocycles. The van der Waals surface area contributed by atoms with Gasteiger partial charge in [0.15, 0.2) is 0 Å². The molecule has 0 unspecified atom stereocenters. The minimum Gasteiger partial charge on any atom is -0.494 e. The van der Waals surface area contributed by atoms with Crippen LogP contribution in [0.5, 0.6) is 5.75 Å². The van der Waals surface area contributed by atoms with Crippen LogP contribution in [0.3, 0.4) is 0 Å². The summed E-state index contributed by atoms with van der Waals surface area (Å²) in [6.07, 6.45) is 1.73. The summed E-state index contributed by atoms with van der Waals surface area (Å²) in [5, 5.41) is 12.1. The first-order chi connectivity index (χ1) is 15.1. The van der Waals surface area contributed by atoms with Crippen LogP contribution in [0.15, 0.2) is 36.5 Å². The van der Waals surface area contributed by atoms with Crippen LogP contribution in [0.1, 0.15) is 50.0 Å². The lowest BCUT2D eigenvalue weighted by Crippen LogP contribution is -2.41. The molecule has 1 saturated heterocycles. The molecule has 168 valence electrons. The lowest BCUT2D eigenvalue weighted by molar-refractivity contribution is 0.0235. The molecule has 1 aromatic carbocycles. The zero-order chi connectivity index (χ0) is 23.5. The highest BCUT2D eigenvalue weighted by Crippen LogP contribution is 2.26. The number of nitrogens with zero attached hydrogens (tertiary/aromatic N) is 3. The van der Waals surface area contributed by atoms with Crippen LogP contribution < -0.4 is 10.1 Å². The van der Waals surface area contributed by atoms with Crippen LogP contribution in [-0.2, 0) is 4.74 Å². The van der Waals surface area contributed by atoms with Crippen LogP contribution in [0, 0.1) is 11.3 Å². The molecule has 2 amide bonds. The Morgan fingerprint density at radius 3 is 2.69 bits per heavy atom. The van der Waals surface area contributed by atoms with Crippen LogP contribution in [0.4, 0.5) is 4.79 Å². The standard InChI is InChI=1S/C24H28N4O4/c1-15-9-18(14-28(15)23(30)32-24(2,3)4)27-22(29)19-11-20(26-13-21(19)31-5)17-8-6-7-16(10-17)12-25/h6-8,10-11,13,15,18H,9,14H2,1-5H3,(H,27,29)/t15-,18-/m1/s1. The van der Waals surface area contributed by atoms with Crippen molar-refractivity contribution in [3.8, 4) is 23.1 Å². The number of rotatable bonds is 4. The molecule has 1 aliphatic heterocycles. The number of hydrogen-bond acceptors (Lipinski definition) is 6. The van der Waals surface area contributed by atoms with E-state index in [1.165, 1.54) is 13.3 Å². The molecular weight excluding hydrogens is 408 g/mol. The predicted octanol–water partition coefficient (Wildman–Crippen LogP) is 3.76. The summed E-state index contributed by atoms with van der Waals surface area (Å²) in [5.41, 5.74) is 1.55. The van der Waals surface area contributed by atoms with Crippen molar-refractivity contribution >= 4 is 12.0 Å². The van der Waals surface area contributed by atoms with Crippen molar-refractivity contribution in [1.29, 1.82) is 5.26 Å².